The highest BCUT2D eigenvalue weighted by Crippen LogP contribution is 2.24. The van der Waals surface area contributed by atoms with Crippen LogP contribution in [0.2, 0.25) is 0 Å². The standard InChI is InChI=1S/C19H18N6OS/c1-12-6-4-8-16(14(12)3)25-19(21-22-23-25)27-11-15-10-18(26)24-13(2)7-5-9-17(24)20-15/h4-10H,11H2,1-3H3. The first-order chi connectivity index (χ1) is 13.0. The first kappa shape index (κ1) is 17.4. The molecule has 0 N–H and O–H groups in total. The summed E-state index contributed by atoms with van der Waals surface area (Å²) in [6.07, 6.45) is 0. The average molecular weight is 378 g/mol. The van der Waals surface area contributed by atoms with Crippen LogP contribution in [0.1, 0.15) is 22.5 Å². The third-order valence-corrected chi connectivity index (χ3v) is 5.48. The van der Waals surface area contributed by atoms with E-state index in [1.807, 2.05) is 37.3 Å². The summed E-state index contributed by atoms with van der Waals surface area (Å²) in [5, 5.41) is 12.7. The molecule has 0 aliphatic rings. The summed E-state index contributed by atoms with van der Waals surface area (Å²) in [4.78, 5) is 17.0. The number of thioether (sulfide) groups is 1. The van der Waals surface area contributed by atoms with Crippen LogP contribution < -0.4 is 5.56 Å². The molecular formula is C19H18N6OS. The SMILES string of the molecule is Cc1cccc(-n2nnnc2SCc2cc(=O)n3c(C)cccc3n2)c1C. The number of rotatable bonds is 4. The minimum Gasteiger partial charge on any atom is -0.269 e. The molecule has 0 radical (unpaired) electrons. The van der Waals surface area contributed by atoms with E-state index in [-0.39, 0.29) is 5.56 Å². The molecule has 0 bridgehead atoms. The number of fused-ring (bicyclic) bond motifs is 1. The minimum atomic E-state index is -0.0807. The first-order valence-corrected chi connectivity index (χ1v) is 9.49. The highest BCUT2D eigenvalue weighted by atomic mass is 32.2. The Balaban J connectivity index is 1.64. The second-order valence-electron chi connectivity index (χ2n) is 6.33. The van der Waals surface area contributed by atoms with Crippen molar-refractivity contribution in [2.75, 3.05) is 0 Å². The lowest BCUT2D eigenvalue weighted by Crippen LogP contribution is -2.17. The van der Waals surface area contributed by atoms with Crippen LogP contribution in [0.25, 0.3) is 11.3 Å². The summed E-state index contributed by atoms with van der Waals surface area (Å²) < 4.78 is 3.33. The van der Waals surface area contributed by atoms with Gasteiger partial charge < -0.3 is 0 Å². The van der Waals surface area contributed by atoms with Gasteiger partial charge in [0.2, 0.25) is 5.16 Å². The van der Waals surface area contributed by atoms with Crippen LogP contribution in [0.15, 0.2) is 52.4 Å². The van der Waals surface area contributed by atoms with Crippen LogP contribution in [0, 0.1) is 20.8 Å². The molecule has 0 unspecified atom stereocenters. The van der Waals surface area contributed by atoms with Gasteiger partial charge in [0.05, 0.1) is 11.4 Å². The predicted molar refractivity (Wildman–Crippen MR) is 104 cm³/mol. The Morgan fingerprint density at radius 1 is 1.07 bits per heavy atom. The summed E-state index contributed by atoms with van der Waals surface area (Å²) in [5.41, 5.74) is 5.39. The van der Waals surface area contributed by atoms with Crippen molar-refractivity contribution < 1.29 is 0 Å². The van der Waals surface area contributed by atoms with E-state index in [1.54, 1.807) is 15.1 Å². The number of benzene rings is 1. The molecule has 4 rings (SSSR count). The van der Waals surface area contributed by atoms with Gasteiger partial charge in [-0.1, -0.05) is 30.0 Å². The van der Waals surface area contributed by atoms with Crippen molar-refractivity contribution in [3.8, 4) is 5.69 Å². The number of tetrazole rings is 1. The Labute approximate surface area is 160 Å². The molecule has 0 saturated heterocycles. The third-order valence-electron chi connectivity index (χ3n) is 4.53. The predicted octanol–water partition coefficient (Wildman–Crippen LogP) is 2.89. The molecule has 0 atom stereocenters. The maximum Gasteiger partial charge on any atom is 0.258 e. The molecule has 8 heteroatoms. The molecule has 1 aromatic carbocycles. The van der Waals surface area contributed by atoms with Gasteiger partial charge in [-0.05, 0) is 60.5 Å². The van der Waals surface area contributed by atoms with E-state index in [2.05, 4.69) is 40.4 Å². The quantitative estimate of drug-likeness (QED) is 0.508. The van der Waals surface area contributed by atoms with Crippen molar-refractivity contribution in [3.63, 3.8) is 0 Å². The molecule has 3 heterocycles. The Kier molecular flexibility index (Phi) is 4.49. The summed E-state index contributed by atoms with van der Waals surface area (Å²) in [7, 11) is 0. The van der Waals surface area contributed by atoms with Crippen LogP contribution in [0.3, 0.4) is 0 Å². The van der Waals surface area contributed by atoms with Gasteiger partial charge in [-0.2, -0.15) is 4.68 Å². The van der Waals surface area contributed by atoms with E-state index in [0.717, 1.165) is 16.9 Å². The Hall–Kier alpha value is -3.00. The molecule has 0 saturated carbocycles. The zero-order valence-electron chi connectivity index (χ0n) is 15.2. The second kappa shape index (κ2) is 6.96. The number of aryl methyl sites for hydroxylation is 2. The third kappa shape index (κ3) is 3.23. The fraction of sp³-hybridized carbons (Fsp3) is 0.211. The van der Waals surface area contributed by atoms with E-state index >= 15 is 0 Å². The molecule has 4 aromatic rings. The fourth-order valence-electron chi connectivity index (χ4n) is 2.96. The van der Waals surface area contributed by atoms with Gasteiger partial charge in [0.1, 0.15) is 5.65 Å². The fourth-order valence-corrected chi connectivity index (χ4v) is 3.74. The molecule has 0 fully saturated rings. The van der Waals surface area contributed by atoms with Crippen molar-refractivity contribution in [3.05, 3.63) is 75.3 Å². The number of pyridine rings is 1. The number of hydrogen-bond acceptors (Lipinski definition) is 6. The number of nitrogens with zero attached hydrogens (tertiary/aromatic N) is 6. The normalized spacial score (nSPS) is 11.2. The van der Waals surface area contributed by atoms with Crippen molar-refractivity contribution in [1.29, 1.82) is 0 Å². The highest BCUT2D eigenvalue weighted by Gasteiger charge is 2.13. The summed E-state index contributed by atoms with van der Waals surface area (Å²) in [6, 6.07) is 13.2. The summed E-state index contributed by atoms with van der Waals surface area (Å²) in [5.74, 6) is 0.505. The Bertz CT molecular complexity index is 1200. The molecule has 136 valence electrons. The topological polar surface area (TPSA) is 78.0 Å². The van der Waals surface area contributed by atoms with Crippen LogP contribution in [-0.4, -0.2) is 29.6 Å². The first-order valence-electron chi connectivity index (χ1n) is 8.50. The van der Waals surface area contributed by atoms with Gasteiger partial charge in [-0.3, -0.25) is 9.20 Å². The molecule has 7 nitrogen and oxygen atoms in total. The van der Waals surface area contributed by atoms with E-state index in [9.17, 15) is 4.79 Å². The van der Waals surface area contributed by atoms with E-state index in [1.165, 1.54) is 17.3 Å². The molecular weight excluding hydrogens is 360 g/mol. The number of aromatic nitrogens is 6. The van der Waals surface area contributed by atoms with Gasteiger partial charge in [0.15, 0.2) is 0 Å². The highest BCUT2D eigenvalue weighted by molar-refractivity contribution is 7.98. The van der Waals surface area contributed by atoms with Gasteiger partial charge in [-0.15, -0.1) is 5.10 Å². The largest absolute Gasteiger partial charge is 0.269 e. The maximum atomic E-state index is 12.4. The summed E-state index contributed by atoms with van der Waals surface area (Å²) >= 11 is 1.45. The van der Waals surface area contributed by atoms with Crippen LogP contribution >= 0.6 is 11.8 Å². The second-order valence-corrected chi connectivity index (χ2v) is 7.27. The van der Waals surface area contributed by atoms with E-state index < -0.39 is 0 Å². The van der Waals surface area contributed by atoms with Crippen LogP contribution in [0.5, 0.6) is 0 Å². The zero-order valence-corrected chi connectivity index (χ0v) is 16.1. The van der Waals surface area contributed by atoms with Crippen molar-refractivity contribution >= 4 is 17.4 Å². The lowest BCUT2D eigenvalue weighted by molar-refractivity contribution is 0.750. The average Bonchev–Trinajstić information content (AvgIpc) is 3.10. The van der Waals surface area contributed by atoms with Crippen LogP contribution in [-0.2, 0) is 5.75 Å². The van der Waals surface area contributed by atoms with Crippen molar-refractivity contribution in [2.24, 2.45) is 0 Å². The Morgan fingerprint density at radius 2 is 1.89 bits per heavy atom. The molecule has 0 amide bonds. The molecule has 0 spiro atoms. The van der Waals surface area contributed by atoms with Crippen LogP contribution in [0.4, 0.5) is 0 Å². The minimum absolute atomic E-state index is 0.0807. The smallest absolute Gasteiger partial charge is 0.258 e. The Morgan fingerprint density at radius 3 is 2.74 bits per heavy atom. The van der Waals surface area contributed by atoms with Gasteiger partial charge in [0.25, 0.3) is 5.56 Å². The monoisotopic (exact) mass is 378 g/mol. The van der Waals surface area contributed by atoms with Gasteiger partial charge in [0, 0.05) is 17.5 Å². The molecule has 0 aliphatic carbocycles. The molecule has 0 aliphatic heterocycles. The van der Waals surface area contributed by atoms with E-state index in [4.69, 9.17) is 0 Å². The zero-order chi connectivity index (χ0) is 19.0. The molecule has 3 aromatic heterocycles. The maximum absolute atomic E-state index is 12.4. The van der Waals surface area contributed by atoms with Gasteiger partial charge >= 0.3 is 0 Å². The lowest BCUT2D eigenvalue weighted by atomic mass is 10.1. The van der Waals surface area contributed by atoms with E-state index in [0.29, 0.717) is 22.3 Å². The molecule has 27 heavy (non-hydrogen) atoms. The van der Waals surface area contributed by atoms with Gasteiger partial charge in [-0.25, -0.2) is 4.98 Å². The summed E-state index contributed by atoms with van der Waals surface area (Å²) in [6.45, 7) is 6.00. The van der Waals surface area contributed by atoms with Crippen molar-refractivity contribution in [2.45, 2.75) is 31.7 Å². The van der Waals surface area contributed by atoms with Crippen molar-refractivity contribution in [1.82, 2.24) is 29.6 Å². The number of hydrogen-bond donors (Lipinski definition) is 0. The lowest BCUT2D eigenvalue weighted by Gasteiger charge is -2.09.